The van der Waals surface area contributed by atoms with Crippen LogP contribution < -0.4 is 0 Å². The summed E-state index contributed by atoms with van der Waals surface area (Å²) in [6, 6.07) is 36.8. The van der Waals surface area contributed by atoms with Gasteiger partial charge in [-0.3, -0.25) is 0 Å². The third-order valence-corrected chi connectivity index (χ3v) is 7.81. The van der Waals surface area contributed by atoms with Gasteiger partial charge in [0.25, 0.3) is 0 Å². The molecule has 5 aromatic carbocycles. The average Bonchev–Trinajstić information content (AvgIpc) is 3.12. The molecule has 0 aliphatic carbocycles. The highest BCUT2D eigenvalue weighted by Crippen LogP contribution is 2.43. The lowest BCUT2D eigenvalue weighted by Gasteiger charge is -2.17. The molecule has 0 saturated carbocycles. The second-order valence-electron chi connectivity index (χ2n) is 10.5. The van der Waals surface area contributed by atoms with Crippen molar-refractivity contribution in [1.82, 2.24) is 29.9 Å². The molecule has 0 aliphatic heterocycles. The zero-order valence-corrected chi connectivity index (χ0v) is 23.5. The van der Waals surface area contributed by atoms with Crippen molar-refractivity contribution in [2.45, 2.75) is 0 Å². The second-order valence-corrected chi connectivity index (χ2v) is 10.5. The van der Waals surface area contributed by atoms with Gasteiger partial charge in [-0.2, -0.15) is 0 Å². The highest BCUT2D eigenvalue weighted by molar-refractivity contribution is 6.20. The Balaban J connectivity index is 1.38. The zero-order valence-electron chi connectivity index (χ0n) is 23.5. The van der Waals surface area contributed by atoms with Gasteiger partial charge in [-0.05, 0) is 44.8 Å². The lowest BCUT2D eigenvalue weighted by molar-refractivity contribution is 1.17. The van der Waals surface area contributed by atoms with Gasteiger partial charge in [-0.15, -0.1) is 0 Å². The van der Waals surface area contributed by atoms with Crippen molar-refractivity contribution in [3.05, 3.63) is 146 Å². The van der Waals surface area contributed by atoms with Crippen molar-refractivity contribution in [3.63, 3.8) is 0 Å². The van der Waals surface area contributed by atoms with E-state index in [4.69, 9.17) is 19.9 Å². The van der Waals surface area contributed by atoms with Gasteiger partial charge >= 0.3 is 0 Å². The highest BCUT2D eigenvalue weighted by atomic mass is 14.9. The summed E-state index contributed by atoms with van der Waals surface area (Å²) < 4.78 is 0. The van der Waals surface area contributed by atoms with Gasteiger partial charge in [0, 0.05) is 65.0 Å². The van der Waals surface area contributed by atoms with Crippen LogP contribution >= 0.6 is 0 Å². The van der Waals surface area contributed by atoms with Crippen LogP contribution in [0.25, 0.3) is 78.0 Å². The van der Waals surface area contributed by atoms with Crippen molar-refractivity contribution in [2.24, 2.45) is 0 Å². The van der Waals surface area contributed by atoms with E-state index in [-0.39, 0.29) is 0 Å². The van der Waals surface area contributed by atoms with E-state index in [1.165, 1.54) is 0 Å². The highest BCUT2D eigenvalue weighted by Gasteiger charge is 2.20. The van der Waals surface area contributed by atoms with Crippen molar-refractivity contribution in [2.75, 3.05) is 0 Å². The van der Waals surface area contributed by atoms with Crippen molar-refractivity contribution in [3.8, 4) is 56.4 Å². The molecule has 0 atom stereocenters. The summed E-state index contributed by atoms with van der Waals surface area (Å²) in [6.07, 6.45) is 11.1. The Kier molecular flexibility index (Phi) is 6.35. The zero-order chi connectivity index (χ0) is 29.3. The van der Waals surface area contributed by atoms with Gasteiger partial charge in [0.05, 0.1) is 0 Å². The lowest BCUT2D eigenvalue weighted by atomic mass is 9.89. The van der Waals surface area contributed by atoms with Crippen LogP contribution in [-0.4, -0.2) is 29.9 Å². The fourth-order valence-corrected chi connectivity index (χ4v) is 5.72. The maximum atomic E-state index is 4.90. The molecule has 3 heterocycles. The number of aromatic nitrogens is 6. The summed E-state index contributed by atoms with van der Waals surface area (Å²) in [7, 11) is 0. The SMILES string of the molecule is c1ccc(-c2cnc(-c3c4ccccc4c(-c4ncc(-c5ccccc5)cn4)c4cc(-c5ncccn5)ccc34)nc2)cc1. The van der Waals surface area contributed by atoms with E-state index in [1.807, 2.05) is 79.4 Å². The molecule has 0 fully saturated rings. The Bertz CT molecular complexity index is 2240. The minimum atomic E-state index is 0.643. The molecule has 0 aliphatic rings. The third-order valence-electron chi connectivity index (χ3n) is 7.81. The maximum absolute atomic E-state index is 4.90. The molecule has 0 unspecified atom stereocenters. The first kappa shape index (κ1) is 25.6. The maximum Gasteiger partial charge on any atom is 0.160 e. The Hall–Kier alpha value is -6.14. The Morgan fingerprint density at radius 2 is 0.750 bits per heavy atom. The first-order chi connectivity index (χ1) is 21.8. The fraction of sp³-hybridized carbons (Fsp3) is 0. The summed E-state index contributed by atoms with van der Waals surface area (Å²) >= 11 is 0. The van der Waals surface area contributed by atoms with Crippen molar-refractivity contribution < 1.29 is 0 Å². The molecule has 0 bridgehead atoms. The molecular formula is C38H24N6. The molecule has 6 nitrogen and oxygen atoms in total. The lowest BCUT2D eigenvalue weighted by Crippen LogP contribution is -1.98. The van der Waals surface area contributed by atoms with E-state index in [1.54, 1.807) is 12.4 Å². The monoisotopic (exact) mass is 564 g/mol. The molecule has 6 heteroatoms. The molecule has 0 spiro atoms. The first-order valence-corrected chi connectivity index (χ1v) is 14.3. The number of fused-ring (bicyclic) bond motifs is 2. The Labute approximate surface area is 253 Å². The summed E-state index contributed by atoms with van der Waals surface area (Å²) in [5.74, 6) is 1.95. The first-order valence-electron chi connectivity index (χ1n) is 14.3. The molecular weight excluding hydrogens is 540 g/mol. The number of hydrogen-bond donors (Lipinski definition) is 0. The number of nitrogens with zero attached hydrogens (tertiary/aromatic N) is 6. The molecule has 0 N–H and O–H groups in total. The predicted octanol–water partition coefficient (Wildman–Crippen LogP) is 8.70. The number of hydrogen-bond acceptors (Lipinski definition) is 6. The van der Waals surface area contributed by atoms with E-state index in [2.05, 4.69) is 64.6 Å². The van der Waals surface area contributed by atoms with Crippen LogP contribution in [0.5, 0.6) is 0 Å². The van der Waals surface area contributed by atoms with Crippen molar-refractivity contribution >= 4 is 21.5 Å². The van der Waals surface area contributed by atoms with Crippen LogP contribution in [-0.2, 0) is 0 Å². The minimum absolute atomic E-state index is 0.643. The number of benzene rings is 5. The van der Waals surface area contributed by atoms with Gasteiger partial charge < -0.3 is 0 Å². The Morgan fingerprint density at radius 1 is 0.295 bits per heavy atom. The molecule has 8 rings (SSSR count). The average molecular weight is 565 g/mol. The quantitative estimate of drug-likeness (QED) is 0.195. The van der Waals surface area contributed by atoms with Crippen LogP contribution in [0.1, 0.15) is 0 Å². The third kappa shape index (κ3) is 4.55. The summed E-state index contributed by atoms with van der Waals surface area (Å²) in [4.78, 5) is 28.6. The molecule has 44 heavy (non-hydrogen) atoms. The molecule has 3 aromatic heterocycles. The van der Waals surface area contributed by atoms with Crippen LogP contribution in [0.15, 0.2) is 146 Å². The van der Waals surface area contributed by atoms with Crippen LogP contribution in [0.2, 0.25) is 0 Å². The van der Waals surface area contributed by atoms with Gasteiger partial charge in [-0.1, -0.05) is 97.1 Å². The molecule has 8 aromatic rings. The standard InChI is InChI=1S/C38H24N6/c1-3-10-25(11-4-1)28-21-41-37(42-22-28)34-30-14-7-8-15-31(30)35(38-43-23-29(24-44-38)26-12-5-2-6-13-26)33-20-27(16-17-32(33)34)36-39-18-9-19-40-36/h1-24H. The Morgan fingerprint density at radius 3 is 1.27 bits per heavy atom. The van der Waals surface area contributed by atoms with Crippen molar-refractivity contribution in [1.29, 1.82) is 0 Å². The smallest absolute Gasteiger partial charge is 0.160 e. The normalized spacial score (nSPS) is 11.2. The predicted molar refractivity (Wildman–Crippen MR) is 175 cm³/mol. The molecule has 0 amide bonds. The minimum Gasteiger partial charge on any atom is -0.237 e. The largest absolute Gasteiger partial charge is 0.237 e. The number of rotatable bonds is 5. The van der Waals surface area contributed by atoms with E-state index >= 15 is 0 Å². The van der Waals surface area contributed by atoms with Crippen LogP contribution in [0.3, 0.4) is 0 Å². The van der Waals surface area contributed by atoms with Gasteiger partial charge in [0.2, 0.25) is 0 Å². The fourth-order valence-electron chi connectivity index (χ4n) is 5.72. The summed E-state index contributed by atoms with van der Waals surface area (Å²) in [5, 5.41) is 4.03. The van der Waals surface area contributed by atoms with E-state index in [0.29, 0.717) is 17.5 Å². The van der Waals surface area contributed by atoms with E-state index in [9.17, 15) is 0 Å². The van der Waals surface area contributed by atoms with E-state index < -0.39 is 0 Å². The second kappa shape index (κ2) is 10.9. The van der Waals surface area contributed by atoms with Gasteiger partial charge in [-0.25, -0.2) is 29.9 Å². The molecule has 206 valence electrons. The molecule has 0 saturated heterocycles. The topological polar surface area (TPSA) is 77.3 Å². The summed E-state index contributed by atoms with van der Waals surface area (Å²) in [6.45, 7) is 0. The van der Waals surface area contributed by atoms with E-state index in [0.717, 1.165) is 60.5 Å². The molecule has 0 radical (unpaired) electrons. The summed E-state index contributed by atoms with van der Waals surface area (Å²) in [5.41, 5.74) is 6.89. The van der Waals surface area contributed by atoms with Crippen LogP contribution in [0.4, 0.5) is 0 Å². The van der Waals surface area contributed by atoms with Gasteiger partial charge in [0.15, 0.2) is 17.5 Å². The van der Waals surface area contributed by atoms with Gasteiger partial charge in [0.1, 0.15) is 0 Å². The van der Waals surface area contributed by atoms with Crippen LogP contribution in [0, 0.1) is 0 Å².